The summed E-state index contributed by atoms with van der Waals surface area (Å²) in [7, 11) is 0. The number of aromatic nitrogens is 1. The Hall–Kier alpha value is -1.86. The van der Waals surface area contributed by atoms with Gasteiger partial charge in [-0.1, -0.05) is 0 Å². The summed E-state index contributed by atoms with van der Waals surface area (Å²) in [6.07, 6.45) is 4.04. The highest BCUT2D eigenvalue weighted by Crippen LogP contribution is 2.25. The van der Waals surface area contributed by atoms with Crippen molar-refractivity contribution in [2.45, 2.75) is 18.9 Å². The molecule has 0 aromatic carbocycles. The molecule has 21 heavy (non-hydrogen) atoms. The predicted molar refractivity (Wildman–Crippen MR) is 81.1 cm³/mol. The van der Waals surface area contributed by atoms with E-state index in [1.165, 1.54) is 24.2 Å². The number of carbonyl (C=O) groups is 1. The van der Waals surface area contributed by atoms with Crippen LogP contribution in [0.3, 0.4) is 0 Å². The molecule has 1 aliphatic heterocycles. The number of nitrogens with two attached hydrogens (primary N) is 1. The SMILES string of the molecule is Nc1nc(C(=O)NCC(c2ccco2)N2CCCC2)cs1. The van der Waals surface area contributed by atoms with Crippen molar-refractivity contribution in [1.29, 1.82) is 0 Å². The molecule has 2 aromatic rings. The fourth-order valence-electron chi connectivity index (χ4n) is 2.62. The number of thiazole rings is 1. The Morgan fingerprint density at radius 2 is 2.33 bits per heavy atom. The molecule has 1 fully saturated rings. The average molecular weight is 306 g/mol. The molecule has 1 saturated heterocycles. The van der Waals surface area contributed by atoms with Gasteiger partial charge in [0.05, 0.1) is 12.3 Å². The molecule has 7 heteroatoms. The Morgan fingerprint density at radius 1 is 1.52 bits per heavy atom. The molecule has 3 rings (SSSR count). The molecule has 0 aliphatic carbocycles. The van der Waals surface area contributed by atoms with Gasteiger partial charge in [-0.3, -0.25) is 9.69 Å². The van der Waals surface area contributed by atoms with Gasteiger partial charge < -0.3 is 15.5 Å². The van der Waals surface area contributed by atoms with Crippen molar-refractivity contribution in [3.63, 3.8) is 0 Å². The fourth-order valence-corrected chi connectivity index (χ4v) is 3.16. The van der Waals surface area contributed by atoms with Crippen molar-refractivity contribution >= 4 is 22.4 Å². The van der Waals surface area contributed by atoms with Gasteiger partial charge in [-0.05, 0) is 38.1 Å². The minimum absolute atomic E-state index is 0.0717. The number of rotatable bonds is 5. The molecule has 1 aliphatic rings. The molecule has 0 radical (unpaired) electrons. The van der Waals surface area contributed by atoms with Gasteiger partial charge in [0, 0.05) is 11.9 Å². The second kappa shape index (κ2) is 6.28. The Balaban J connectivity index is 1.66. The lowest BCUT2D eigenvalue weighted by molar-refractivity contribution is 0.0929. The number of nitrogen functional groups attached to an aromatic ring is 1. The first-order valence-corrected chi connectivity index (χ1v) is 7.88. The molecule has 0 bridgehead atoms. The second-order valence-corrected chi connectivity index (χ2v) is 5.94. The second-order valence-electron chi connectivity index (χ2n) is 5.06. The lowest BCUT2D eigenvalue weighted by Gasteiger charge is -2.25. The van der Waals surface area contributed by atoms with Crippen LogP contribution in [0.4, 0.5) is 5.13 Å². The zero-order valence-electron chi connectivity index (χ0n) is 11.6. The topological polar surface area (TPSA) is 84.4 Å². The molecule has 1 atom stereocenters. The summed E-state index contributed by atoms with van der Waals surface area (Å²) in [6.45, 7) is 2.57. The zero-order chi connectivity index (χ0) is 14.7. The van der Waals surface area contributed by atoms with Crippen LogP contribution in [0.25, 0.3) is 0 Å². The molecule has 1 amide bonds. The highest BCUT2D eigenvalue weighted by molar-refractivity contribution is 7.13. The predicted octanol–water partition coefficient (Wildman–Crippen LogP) is 1.89. The number of carbonyl (C=O) groups excluding carboxylic acids is 1. The van der Waals surface area contributed by atoms with E-state index in [1.54, 1.807) is 11.6 Å². The van der Waals surface area contributed by atoms with Crippen LogP contribution in [-0.4, -0.2) is 35.4 Å². The van der Waals surface area contributed by atoms with Crippen LogP contribution in [0.1, 0.15) is 35.1 Å². The van der Waals surface area contributed by atoms with Gasteiger partial charge >= 0.3 is 0 Å². The van der Waals surface area contributed by atoms with E-state index in [0.29, 0.717) is 17.4 Å². The summed E-state index contributed by atoms with van der Waals surface area (Å²) in [5.41, 5.74) is 5.93. The quantitative estimate of drug-likeness (QED) is 0.881. The molecule has 112 valence electrons. The van der Waals surface area contributed by atoms with Crippen molar-refractivity contribution in [2.24, 2.45) is 0 Å². The number of nitrogens with zero attached hydrogens (tertiary/aromatic N) is 2. The summed E-state index contributed by atoms with van der Waals surface area (Å²) in [5, 5.41) is 5.00. The average Bonchev–Trinajstić information content (AvgIpc) is 3.21. The Morgan fingerprint density at radius 3 is 2.95 bits per heavy atom. The third-order valence-electron chi connectivity index (χ3n) is 3.66. The zero-order valence-corrected chi connectivity index (χ0v) is 12.4. The summed E-state index contributed by atoms with van der Waals surface area (Å²) in [5.74, 6) is 0.689. The summed E-state index contributed by atoms with van der Waals surface area (Å²) >= 11 is 1.27. The van der Waals surface area contributed by atoms with Gasteiger partial charge in [0.25, 0.3) is 5.91 Å². The van der Waals surface area contributed by atoms with Gasteiger partial charge in [-0.25, -0.2) is 4.98 Å². The van der Waals surface area contributed by atoms with Crippen LogP contribution in [0.15, 0.2) is 28.2 Å². The maximum atomic E-state index is 12.1. The van der Waals surface area contributed by atoms with Crippen LogP contribution in [0.2, 0.25) is 0 Å². The van der Waals surface area contributed by atoms with E-state index in [-0.39, 0.29) is 11.9 Å². The molecular formula is C14H18N4O2S. The molecule has 0 spiro atoms. The summed E-state index contributed by atoms with van der Waals surface area (Å²) < 4.78 is 5.52. The van der Waals surface area contributed by atoms with Gasteiger partial charge in [0.15, 0.2) is 5.13 Å². The molecular weight excluding hydrogens is 288 g/mol. The third kappa shape index (κ3) is 3.25. The van der Waals surface area contributed by atoms with E-state index < -0.39 is 0 Å². The van der Waals surface area contributed by atoms with Crippen LogP contribution < -0.4 is 11.1 Å². The van der Waals surface area contributed by atoms with E-state index in [0.717, 1.165) is 18.8 Å². The Labute approximate surface area is 127 Å². The number of anilines is 1. The van der Waals surface area contributed by atoms with Crippen molar-refractivity contribution in [3.8, 4) is 0 Å². The van der Waals surface area contributed by atoms with Gasteiger partial charge in [-0.15, -0.1) is 11.3 Å². The van der Waals surface area contributed by atoms with E-state index >= 15 is 0 Å². The lowest BCUT2D eigenvalue weighted by atomic mass is 10.2. The number of amides is 1. The maximum absolute atomic E-state index is 12.1. The van der Waals surface area contributed by atoms with Crippen molar-refractivity contribution < 1.29 is 9.21 Å². The number of hydrogen-bond donors (Lipinski definition) is 2. The standard InChI is InChI=1S/C14H18N4O2S/c15-14-17-10(9-21-14)13(19)16-8-11(12-4-3-7-20-12)18-5-1-2-6-18/h3-4,7,9,11H,1-2,5-6,8H2,(H2,15,17)(H,16,19). The summed E-state index contributed by atoms with van der Waals surface area (Å²) in [4.78, 5) is 18.4. The van der Waals surface area contributed by atoms with E-state index in [2.05, 4.69) is 15.2 Å². The van der Waals surface area contributed by atoms with Gasteiger partial charge in [0.1, 0.15) is 11.5 Å². The third-order valence-corrected chi connectivity index (χ3v) is 4.34. The number of hydrogen-bond acceptors (Lipinski definition) is 6. The van der Waals surface area contributed by atoms with E-state index in [4.69, 9.17) is 10.2 Å². The minimum Gasteiger partial charge on any atom is -0.468 e. The monoisotopic (exact) mass is 306 g/mol. The van der Waals surface area contributed by atoms with Gasteiger partial charge in [0.2, 0.25) is 0 Å². The van der Waals surface area contributed by atoms with Crippen LogP contribution in [0, 0.1) is 0 Å². The molecule has 3 N–H and O–H groups in total. The van der Waals surface area contributed by atoms with Crippen molar-refractivity contribution in [1.82, 2.24) is 15.2 Å². The number of likely N-dealkylation sites (tertiary alicyclic amines) is 1. The minimum atomic E-state index is -0.196. The van der Waals surface area contributed by atoms with Crippen LogP contribution in [0.5, 0.6) is 0 Å². The first-order valence-electron chi connectivity index (χ1n) is 7.00. The maximum Gasteiger partial charge on any atom is 0.270 e. The van der Waals surface area contributed by atoms with Crippen LogP contribution >= 0.6 is 11.3 Å². The van der Waals surface area contributed by atoms with Crippen LogP contribution in [-0.2, 0) is 0 Å². The first-order chi connectivity index (χ1) is 10.2. The highest BCUT2D eigenvalue weighted by Gasteiger charge is 2.26. The normalized spacial score (nSPS) is 17.0. The van der Waals surface area contributed by atoms with Gasteiger partial charge in [-0.2, -0.15) is 0 Å². The van der Waals surface area contributed by atoms with E-state index in [9.17, 15) is 4.79 Å². The molecule has 0 saturated carbocycles. The molecule has 2 aromatic heterocycles. The molecule has 3 heterocycles. The largest absolute Gasteiger partial charge is 0.468 e. The Bertz CT molecular complexity index is 590. The number of furan rings is 1. The summed E-state index contributed by atoms with van der Waals surface area (Å²) in [6, 6.07) is 3.90. The van der Waals surface area contributed by atoms with Crippen molar-refractivity contribution in [2.75, 3.05) is 25.4 Å². The number of nitrogens with one attached hydrogen (secondary N) is 1. The van der Waals surface area contributed by atoms with E-state index in [1.807, 2.05) is 12.1 Å². The molecule has 1 unspecified atom stereocenters. The lowest BCUT2D eigenvalue weighted by Crippen LogP contribution is -2.36. The Kier molecular flexibility index (Phi) is 4.21. The fraction of sp³-hybridized carbons (Fsp3) is 0.429. The first kappa shape index (κ1) is 14.1. The highest BCUT2D eigenvalue weighted by atomic mass is 32.1. The molecule has 6 nitrogen and oxygen atoms in total. The smallest absolute Gasteiger partial charge is 0.270 e. The van der Waals surface area contributed by atoms with Crippen molar-refractivity contribution in [3.05, 3.63) is 35.2 Å².